The van der Waals surface area contributed by atoms with Crippen LogP contribution in [0.1, 0.15) is 43.2 Å². The second kappa shape index (κ2) is 8.32. The van der Waals surface area contributed by atoms with E-state index in [4.69, 9.17) is 9.47 Å². The van der Waals surface area contributed by atoms with Gasteiger partial charge in [-0.25, -0.2) is 0 Å². The quantitative estimate of drug-likeness (QED) is 0.868. The highest BCUT2D eigenvalue weighted by atomic mass is 16.5. The standard InChI is InChI=1S/C20H32N2O2/c1-17-6-7-19(23-2)18(14-17)15-21-16-20(8-4-3-5-9-20)22-10-12-24-13-11-22/h6-7,14,21H,3-5,8-13,15-16H2,1-2H3. The minimum atomic E-state index is 0.319. The lowest BCUT2D eigenvalue weighted by Gasteiger charge is -2.48. The normalized spacial score (nSPS) is 21.6. The highest BCUT2D eigenvalue weighted by Gasteiger charge is 2.38. The van der Waals surface area contributed by atoms with E-state index < -0.39 is 0 Å². The van der Waals surface area contributed by atoms with Gasteiger partial charge in [0.2, 0.25) is 0 Å². The molecule has 134 valence electrons. The van der Waals surface area contributed by atoms with E-state index in [1.54, 1.807) is 7.11 Å². The molecule has 0 amide bonds. The molecule has 1 N–H and O–H groups in total. The maximum absolute atomic E-state index is 5.57. The van der Waals surface area contributed by atoms with Gasteiger partial charge in [0.25, 0.3) is 0 Å². The monoisotopic (exact) mass is 332 g/mol. The molecule has 1 aliphatic heterocycles. The third-order valence-electron chi connectivity index (χ3n) is 5.67. The summed E-state index contributed by atoms with van der Waals surface area (Å²) in [6.45, 7) is 7.99. The summed E-state index contributed by atoms with van der Waals surface area (Å²) < 4.78 is 11.1. The Morgan fingerprint density at radius 3 is 2.62 bits per heavy atom. The van der Waals surface area contributed by atoms with E-state index in [0.717, 1.165) is 45.1 Å². The molecular weight excluding hydrogens is 300 g/mol. The van der Waals surface area contributed by atoms with Gasteiger partial charge in [-0.2, -0.15) is 0 Å². The first-order valence-electron chi connectivity index (χ1n) is 9.41. The van der Waals surface area contributed by atoms with E-state index in [1.807, 2.05) is 0 Å². The average molecular weight is 332 g/mol. The lowest BCUT2D eigenvalue weighted by molar-refractivity contribution is -0.0369. The summed E-state index contributed by atoms with van der Waals surface area (Å²) >= 11 is 0. The SMILES string of the molecule is COc1ccc(C)cc1CNCC1(N2CCOCC2)CCCCC1. The van der Waals surface area contributed by atoms with Gasteiger partial charge in [0.05, 0.1) is 20.3 Å². The highest BCUT2D eigenvalue weighted by molar-refractivity contribution is 5.36. The molecule has 0 unspecified atom stereocenters. The maximum Gasteiger partial charge on any atom is 0.123 e. The fraction of sp³-hybridized carbons (Fsp3) is 0.700. The first kappa shape index (κ1) is 17.7. The van der Waals surface area contributed by atoms with Crippen LogP contribution in [0.4, 0.5) is 0 Å². The van der Waals surface area contributed by atoms with E-state index in [1.165, 1.54) is 43.2 Å². The van der Waals surface area contributed by atoms with Crippen molar-refractivity contribution in [2.24, 2.45) is 0 Å². The number of morpholine rings is 1. The van der Waals surface area contributed by atoms with Gasteiger partial charge in [0.1, 0.15) is 5.75 Å². The van der Waals surface area contributed by atoms with Crippen LogP contribution in [0, 0.1) is 6.92 Å². The Bertz CT molecular complexity index is 520. The lowest BCUT2D eigenvalue weighted by atomic mass is 9.79. The summed E-state index contributed by atoms with van der Waals surface area (Å²) in [5.41, 5.74) is 2.86. The molecule has 4 heteroatoms. The Hall–Kier alpha value is -1.10. The fourth-order valence-corrected chi connectivity index (χ4v) is 4.33. The van der Waals surface area contributed by atoms with Gasteiger partial charge in [-0.3, -0.25) is 4.90 Å². The van der Waals surface area contributed by atoms with Crippen LogP contribution in [-0.2, 0) is 11.3 Å². The first-order chi connectivity index (χ1) is 11.7. The molecular formula is C20H32N2O2. The zero-order valence-corrected chi connectivity index (χ0v) is 15.3. The molecule has 1 aliphatic carbocycles. The number of benzene rings is 1. The van der Waals surface area contributed by atoms with Gasteiger partial charge in [-0.1, -0.05) is 37.0 Å². The minimum Gasteiger partial charge on any atom is -0.496 e. The Kier molecular flexibility index (Phi) is 6.14. The Morgan fingerprint density at radius 2 is 1.92 bits per heavy atom. The second-order valence-electron chi connectivity index (χ2n) is 7.30. The van der Waals surface area contributed by atoms with E-state index in [0.29, 0.717) is 5.54 Å². The Labute approximate surface area is 146 Å². The summed E-state index contributed by atoms with van der Waals surface area (Å²) in [4.78, 5) is 2.69. The predicted molar refractivity (Wildman–Crippen MR) is 97.6 cm³/mol. The number of ether oxygens (including phenoxy) is 2. The van der Waals surface area contributed by atoms with Gasteiger partial charge >= 0.3 is 0 Å². The van der Waals surface area contributed by atoms with E-state index in [2.05, 4.69) is 35.3 Å². The zero-order chi connectivity index (χ0) is 16.8. The van der Waals surface area contributed by atoms with Crippen molar-refractivity contribution in [3.05, 3.63) is 29.3 Å². The van der Waals surface area contributed by atoms with Gasteiger partial charge < -0.3 is 14.8 Å². The average Bonchev–Trinajstić information content (AvgIpc) is 2.63. The molecule has 24 heavy (non-hydrogen) atoms. The number of rotatable bonds is 6. The van der Waals surface area contributed by atoms with Gasteiger partial charge in [-0.15, -0.1) is 0 Å². The fourth-order valence-electron chi connectivity index (χ4n) is 4.33. The molecule has 2 aliphatic rings. The predicted octanol–water partition coefficient (Wildman–Crippen LogP) is 3.13. The van der Waals surface area contributed by atoms with Crippen LogP contribution in [0.15, 0.2) is 18.2 Å². The number of nitrogens with one attached hydrogen (secondary N) is 1. The van der Waals surface area contributed by atoms with Crippen molar-refractivity contribution in [1.82, 2.24) is 10.2 Å². The van der Waals surface area contributed by atoms with Gasteiger partial charge in [0.15, 0.2) is 0 Å². The second-order valence-corrected chi connectivity index (χ2v) is 7.30. The molecule has 1 saturated carbocycles. The highest BCUT2D eigenvalue weighted by Crippen LogP contribution is 2.34. The zero-order valence-electron chi connectivity index (χ0n) is 15.3. The van der Waals surface area contributed by atoms with Crippen molar-refractivity contribution < 1.29 is 9.47 Å². The van der Waals surface area contributed by atoms with Crippen LogP contribution in [0.5, 0.6) is 5.75 Å². The first-order valence-corrected chi connectivity index (χ1v) is 9.41. The molecule has 0 radical (unpaired) electrons. The summed E-state index contributed by atoms with van der Waals surface area (Å²) in [7, 11) is 1.75. The number of methoxy groups -OCH3 is 1. The van der Waals surface area contributed by atoms with Gasteiger partial charge in [0, 0.05) is 37.3 Å². The summed E-state index contributed by atoms with van der Waals surface area (Å²) in [6, 6.07) is 6.41. The molecule has 2 fully saturated rings. The number of aryl methyl sites for hydroxylation is 1. The molecule has 0 atom stereocenters. The summed E-state index contributed by atoms with van der Waals surface area (Å²) in [5, 5.41) is 3.75. The molecule has 0 aromatic heterocycles. The molecule has 1 heterocycles. The van der Waals surface area contributed by atoms with Crippen LogP contribution in [0.2, 0.25) is 0 Å². The molecule has 1 saturated heterocycles. The smallest absolute Gasteiger partial charge is 0.123 e. The third kappa shape index (κ3) is 4.11. The van der Waals surface area contributed by atoms with Crippen molar-refractivity contribution in [2.75, 3.05) is 40.0 Å². The minimum absolute atomic E-state index is 0.319. The lowest BCUT2D eigenvalue weighted by Crippen LogP contribution is -2.59. The number of hydrogen-bond acceptors (Lipinski definition) is 4. The van der Waals surface area contributed by atoms with E-state index >= 15 is 0 Å². The Morgan fingerprint density at radius 1 is 1.17 bits per heavy atom. The summed E-state index contributed by atoms with van der Waals surface area (Å²) in [6.07, 6.45) is 6.72. The molecule has 4 nitrogen and oxygen atoms in total. The van der Waals surface area contributed by atoms with Crippen LogP contribution in [-0.4, -0.2) is 50.4 Å². The van der Waals surface area contributed by atoms with Crippen molar-refractivity contribution in [1.29, 1.82) is 0 Å². The molecule has 1 aromatic carbocycles. The van der Waals surface area contributed by atoms with Crippen LogP contribution < -0.4 is 10.1 Å². The Balaban J connectivity index is 1.64. The van der Waals surface area contributed by atoms with Crippen molar-refractivity contribution >= 4 is 0 Å². The third-order valence-corrected chi connectivity index (χ3v) is 5.67. The molecule has 3 rings (SSSR count). The van der Waals surface area contributed by atoms with Crippen LogP contribution in [0.25, 0.3) is 0 Å². The van der Waals surface area contributed by atoms with Crippen molar-refractivity contribution in [2.45, 2.75) is 51.1 Å². The number of nitrogens with zero attached hydrogens (tertiary/aromatic N) is 1. The van der Waals surface area contributed by atoms with Crippen LogP contribution in [0.3, 0.4) is 0 Å². The molecule has 0 spiro atoms. The van der Waals surface area contributed by atoms with Crippen molar-refractivity contribution in [3.63, 3.8) is 0 Å². The topological polar surface area (TPSA) is 33.7 Å². The largest absolute Gasteiger partial charge is 0.496 e. The van der Waals surface area contributed by atoms with Gasteiger partial charge in [-0.05, 0) is 25.8 Å². The van der Waals surface area contributed by atoms with E-state index in [-0.39, 0.29) is 0 Å². The molecule has 0 bridgehead atoms. The van der Waals surface area contributed by atoms with E-state index in [9.17, 15) is 0 Å². The van der Waals surface area contributed by atoms with Crippen molar-refractivity contribution in [3.8, 4) is 5.75 Å². The molecule has 1 aromatic rings. The maximum atomic E-state index is 5.57. The van der Waals surface area contributed by atoms with Crippen LogP contribution >= 0.6 is 0 Å². The number of hydrogen-bond donors (Lipinski definition) is 1. The summed E-state index contributed by atoms with van der Waals surface area (Å²) in [5.74, 6) is 0.983.